The summed E-state index contributed by atoms with van der Waals surface area (Å²) in [4.78, 5) is 32.4. The first-order chi connectivity index (χ1) is 14.6. The molecule has 1 aromatic carbocycles. The molecule has 0 spiro atoms. The largest absolute Gasteiger partial charge is 0.351 e. The van der Waals surface area contributed by atoms with Crippen LogP contribution in [0.5, 0.6) is 0 Å². The van der Waals surface area contributed by atoms with Crippen LogP contribution in [0, 0.1) is 0 Å². The number of halogens is 1. The predicted molar refractivity (Wildman–Crippen MR) is 116 cm³/mol. The Morgan fingerprint density at radius 3 is 2.60 bits per heavy atom. The lowest BCUT2D eigenvalue weighted by atomic mass is 10.0. The van der Waals surface area contributed by atoms with Gasteiger partial charge in [-0.2, -0.15) is 0 Å². The van der Waals surface area contributed by atoms with Crippen LogP contribution in [0.15, 0.2) is 54.2 Å². The topological polar surface area (TPSA) is 88.1 Å². The van der Waals surface area contributed by atoms with Crippen molar-refractivity contribution in [2.75, 3.05) is 4.90 Å². The standard InChI is InChI=1S/C21H20ClN5O2S/c22-15-4-3-7-17(12-15)27(21(29)18-13-30-26-25-18)19(14-8-10-23-11-9-14)20(28)24-16-5-1-2-6-16/h3-4,7-13,16,19H,1-2,5-6H2,(H,24,28)/t19-/m1/s1. The number of carbonyl (C=O) groups excluding carboxylic acids is 2. The summed E-state index contributed by atoms with van der Waals surface area (Å²) in [6.45, 7) is 0. The summed E-state index contributed by atoms with van der Waals surface area (Å²) in [7, 11) is 0. The molecular formula is C21H20ClN5O2S. The van der Waals surface area contributed by atoms with Crippen molar-refractivity contribution < 1.29 is 9.59 Å². The highest BCUT2D eigenvalue weighted by molar-refractivity contribution is 7.03. The van der Waals surface area contributed by atoms with Crippen molar-refractivity contribution >= 4 is 40.6 Å². The van der Waals surface area contributed by atoms with Crippen LogP contribution >= 0.6 is 23.1 Å². The van der Waals surface area contributed by atoms with E-state index in [0.717, 1.165) is 37.2 Å². The summed E-state index contributed by atoms with van der Waals surface area (Å²) < 4.78 is 3.80. The second-order valence-electron chi connectivity index (χ2n) is 7.12. The molecule has 9 heteroatoms. The van der Waals surface area contributed by atoms with Crippen molar-refractivity contribution in [2.24, 2.45) is 0 Å². The zero-order valence-electron chi connectivity index (χ0n) is 16.1. The molecule has 30 heavy (non-hydrogen) atoms. The lowest BCUT2D eigenvalue weighted by Crippen LogP contribution is -2.46. The fourth-order valence-electron chi connectivity index (χ4n) is 3.70. The van der Waals surface area contributed by atoms with Gasteiger partial charge >= 0.3 is 0 Å². The molecule has 7 nitrogen and oxygen atoms in total. The van der Waals surface area contributed by atoms with E-state index in [9.17, 15) is 9.59 Å². The van der Waals surface area contributed by atoms with Crippen LogP contribution in [-0.2, 0) is 4.79 Å². The van der Waals surface area contributed by atoms with Gasteiger partial charge < -0.3 is 5.32 Å². The molecule has 2 amide bonds. The molecule has 2 aromatic heterocycles. The first-order valence-electron chi connectivity index (χ1n) is 9.70. The Morgan fingerprint density at radius 2 is 1.93 bits per heavy atom. The van der Waals surface area contributed by atoms with E-state index < -0.39 is 11.9 Å². The lowest BCUT2D eigenvalue weighted by molar-refractivity contribution is -0.123. The van der Waals surface area contributed by atoms with Gasteiger partial charge in [0.05, 0.1) is 0 Å². The molecule has 0 radical (unpaired) electrons. The average molecular weight is 442 g/mol. The summed E-state index contributed by atoms with van der Waals surface area (Å²) in [6.07, 6.45) is 7.27. The minimum Gasteiger partial charge on any atom is -0.351 e. The van der Waals surface area contributed by atoms with Gasteiger partial charge in [-0.1, -0.05) is 35.0 Å². The number of benzene rings is 1. The molecule has 154 valence electrons. The Kier molecular flexibility index (Phi) is 6.35. The Balaban J connectivity index is 1.79. The van der Waals surface area contributed by atoms with Crippen LogP contribution in [0.1, 0.15) is 47.8 Å². The summed E-state index contributed by atoms with van der Waals surface area (Å²) in [5.74, 6) is -0.668. The van der Waals surface area contributed by atoms with Crippen molar-refractivity contribution in [1.82, 2.24) is 19.9 Å². The Labute approximate surface area is 183 Å². The van der Waals surface area contributed by atoms with E-state index in [-0.39, 0.29) is 17.6 Å². The Hall–Kier alpha value is -2.84. The quantitative estimate of drug-likeness (QED) is 0.623. The number of aromatic nitrogens is 3. The van der Waals surface area contributed by atoms with E-state index in [4.69, 9.17) is 11.6 Å². The van der Waals surface area contributed by atoms with Gasteiger partial charge in [-0.25, -0.2) is 0 Å². The molecule has 0 unspecified atom stereocenters. The fourth-order valence-corrected chi connectivity index (χ4v) is 4.32. The van der Waals surface area contributed by atoms with Crippen molar-refractivity contribution in [2.45, 2.75) is 37.8 Å². The van der Waals surface area contributed by atoms with Crippen molar-refractivity contribution in [3.05, 3.63) is 70.5 Å². The molecule has 0 bridgehead atoms. The summed E-state index contributed by atoms with van der Waals surface area (Å²) in [6, 6.07) is 9.57. The third-order valence-electron chi connectivity index (χ3n) is 5.11. The maximum Gasteiger partial charge on any atom is 0.280 e. The van der Waals surface area contributed by atoms with Crippen LogP contribution in [0.25, 0.3) is 0 Å². The first kappa shape index (κ1) is 20.4. The third-order valence-corrected chi connectivity index (χ3v) is 5.85. The maximum atomic E-state index is 13.5. The number of pyridine rings is 1. The van der Waals surface area contributed by atoms with E-state index in [1.165, 1.54) is 4.90 Å². The number of amides is 2. The van der Waals surface area contributed by atoms with Crippen molar-refractivity contribution in [3.8, 4) is 0 Å². The number of hydrogen-bond acceptors (Lipinski definition) is 6. The molecule has 1 N–H and O–H groups in total. The molecule has 4 rings (SSSR count). The van der Waals surface area contributed by atoms with Gasteiger partial charge in [0.25, 0.3) is 5.91 Å². The third kappa shape index (κ3) is 4.49. The lowest BCUT2D eigenvalue weighted by Gasteiger charge is -2.31. The second-order valence-corrected chi connectivity index (χ2v) is 8.16. The highest BCUT2D eigenvalue weighted by Crippen LogP contribution is 2.31. The highest BCUT2D eigenvalue weighted by atomic mass is 35.5. The normalized spacial score (nSPS) is 15.0. The number of hydrogen-bond donors (Lipinski definition) is 1. The van der Waals surface area contributed by atoms with Gasteiger partial charge in [-0.15, -0.1) is 5.10 Å². The van der Waals surface area contributed by atoms with Crippen LogP contribution in [-0.4, -0.2) is 32.4 Å². The Bertz CT molecular complexity index is 1010. The van der Waals surface area contributed by atoms with E-state index >= 15 is 0 Å². The molecule has 2 heterocycles. The number of nitrogens with one attached hydrogen (secondary N) is 1. The molecule has 0 aliphatic heterocycles. The van der Waals surface area contributed by atoms with Crippen LogP contribution in [0.4, 0.5) is 5.69 Å². The van der Waals surface area contributed by atoms with Crippen LogP contribution in [0.3, 0.4) is 0 Å². The fraction of sp³-hybridized carbons (Fsp3) is 0.286. The summed E-state index contributed by atoms with van der Waals surface area (Å²) in [5.41, 5.74) is 1.33. The minimum absolute atomic E-state index is 0.110. The van der Waals surface area contributed by atoms with Crippen LogP contribution < -0.4 is 10.2 Å². The monoisotopic (exact) mass is 441 g/mol. The maximum absolute atomic E-state index is 13.5. The number of rotatable bonds is 6. The molecule has 1 fully saturated rings. The van der Waals surface area contributed by atoms with Crippen molar-refractivity contribution in [1.29, 1.82) is 0 Å². The smallest absolute Gasteiger partial charge is 0.280 e. The van der Waals surface area contributed by atoms with Gasteiger partial charge in [0.1, 0.15) is 6.04 Å². The predicted octanol–water partition coefficient (Wildman–Crippen LogP) is 4.03. The Morgan fingerprint density at radius 1 is 1.17 bits per heavy atom. The molecule has 1 saturated carbocycles. The van der Waals surface area contributed by atoms with Gasteiger partial charge in [-0.05, 0) is 60.3 Å². The molecule has 1 aliphatic carbocycles. The molecule has 0 saturated heterocycles. The second kappa shape index (κ2) is 9.32. The van der Waals surface area contributed by atoms with E-state index in [1.807, 2.05) is 0 Å². The van der Waals surface area contributed by atoms with Gasteiger partial charge in [0, 0.05) is 34.5 Å². The van der Waals surface area contributed by atoms with E-state index in [1.54, 1.807) is 54.2 Å². The summed E-state index contributed by atoms with van der Waals surface area (Å²) >= 11 is 7.29. The van der Waals surface area contributed by atoms with E-state index in [2.05, 4.69) is 19.9 Å². The number of anilines is 1. The number of nitrogens with zero attached hydrogens (tertiary/aromatic N) is 4. The highest BCUT2D eigenvalue weighted by Gasteiger charge is 2.35. The zero-order chi connectivity index (χ0) is 20.9. The van der Waals surface area contributed by atoms with Gasteiger partial charge in [0.2, 0.25) is 5.91 Å². The average Bonchev–Trinajstić information content (AvgIpc) is 3.46. The van der Waals surface area contributed by atoms with E-state index in [0.29, 0.717) is 16.3 Å². The summed E-state index contributed by atoms with van der Waals surface area (Å²) in [5, 5.41) is 9.08. The van der Waals surface area contributed by atoms with Crippen molar-refractivity contribution in [3.63, 3.8) is 0 Å². The molecule has 3 aromatic rings. The van der Waals surface area contributed by atoms with Gasteiger partial charge in [-0.3, -0.25) is 19.5 Å². The molecule has 1 aliphatic rings. The zero-order valence-corrected chi connectivity index (χ0v) is 17.6. The van der Waals surface area contributed by atoms with Crippen LogP contribution in [0.2, 0.25) is 5.02 Å². The van der Waals surface area contributed by atoms with Gasteiger partial charge in [0.15, 0.2) is 5.69 Å². The SMILES string of the molecule is O=C(NC1CCCC1)[C@@H](c1ccncc1)N(C(=O)c1csnn1)c1cccc(Cl)c1. The molecular weight excluding hydrogens is 422 g/mol. The molecule has 1 atom stereocenters. The number of carbonyl (C=O) groups is 2. The first-order valence-corrected chi connectivity index (χ1v) is 10.9. The minimum atomic E-state index is -0.902.